The van der Waals surface area contributed by atoms with Gasteiger partial charge < -0.3 is 10.4 Å². The Labute approximate surface area is 164 Å². The van der Waals surface area contributed by atoms with Crippen LogP contribution in [0.15, 0.2) is 71.4 Å². The van der Waals surface area contributed by atoms with Crippen LogP contribution in [-0.2, 0) is 9.59 Å². The van der Waals surface area contributed by atoms with Crippen molar-refractivity contribution < 1.29 is 14.7 Å². The number of carbonyl (C=O) groups excluding carboxylic acids is 2. The smallest absolute Gasteiger partial charge is 0.283 e. The molecule has 1 aliphatic rings. The normalized spacial score (nSPS) is 14.4. The number of amides is 2. The van der Waals surface area contributed by atoms with E-state index in [-0.39, 0.29) is 22.2 Å². The van der Waals surface area contributed by atoms with Crippen molar-refractivity contribution in [3.63, 3.8) is 0 Å². The van der Waals surface area contributed by atoms with Gasteiger partial charge in [-0.2, -0.15) is 0 Å². The van der Waals surface area contributed by atoms with Crippen molar-refractivity contribution in [3.8, 4) is 5.75 Å². The second kappa shape index (κ2) is 6.61. The summed E-state index contributed by atoms with van der Waals surface area (Å²) in [7, 11) is 0. The molecule has 134 valence electrons. The molecule has 1 aliphatic heterocycles. The van der Waals surface area contributed by atoms with Crippen molar-refractivity contribution in [3.05, 3.63) is 76.4 Å². The Hall–Kier alpha value is -3.02. The molecule has 3 aromatic rings. The highest BCUT2D eigenvalue weighted by molar-refractivity contribution is 6.53. The van der Waals surface area contributed by atoms with E-state index in [0.717, 1.165) is 15.7 Å². The van der Waals surface area contributed by atoms with Crippen molar-refractivity contribution in [2.75, 3.05) is 10.2 Å². The molecule has 0 spiro atoms. The summed E-state index contributed by atoms with van der Waals surface area (Å²) in [5.41, 5.74) is 0.497. The summed E-state index contributed by atoms with van der Waals surface area (Å²) in [6, 6.07) is 17.1. The predicted octanol–water partition coefficient (Wildman–Crippen LogP) is 4.63. The van der Waals surface area contributed by atoms with E-state index < -0.39 is 11.8 Å². The summed E-state index contributed by atoms with van der Waals surface area (Å²) in [4.78, 5) is 26.7. The molecular formula is C20H12Cl2N2O3. The van der Waals surface area contributed by atoms with Gasteiger partial charge in [0.05, 0.1) is 11.4 Å². The van der Waals surface area contributed by atoms with Crippen molar-refractivity contribution in [1.29, 1.82) is 0 Å². The minimum Gasteiger partial charge on any atom is -0.506 e. The van der Waals surface area contributed by atoms with Gasteiger partial charge in [-0.15, -0.1) is 0 Å². The van der Waals surface area contributed by atoms with Crippen LogP contribution in [-0.4, -0.2) is 16.9 Å². The molecule has 27 heavy (non-hydrogen) atoms. The minimum absolute atomic E-state index is 0.118. The number of hydrogen-bond donors (Lipinski definition) is 2. The van der Waals surface area contributed by atoms with Crippen LogP contribution < -0.4 is 10.2 Å². The maximum absolute atomic E-state index is 13.0. The Morgan fingerprint density at radius 1 is 0.889 bits per heavy atom. The van der Waals surface area contributed by atoms with Gasteiger partial charge in [0.25, 0.3) is 11.8 Å². The van der Waals surface area contributed by atoms with Gasteiger partial charge in [0, 0.05) is 10.4 Å². The molecule has 1 heterocycles. The van der Waals surface area contributed by atoms with Crippen LogP contribution >= 0.6 is 23.2 Å². The molecule has 0 atom stereocenters. The molecule has 2 N–H and O–H groups in total. The Bertz CT molecular complexity index is 1140. The van der Waals surface area contributed by atoms with E-state index in [1.54, 1.807) is 12.1 Å². The molecule has 0 bridgehead atoms. The number of phenols is 1. The van der Waals surface area contributed by atoms with Crippen LogP contribution in [0.5, 0.6) is 5.75 Å². The Morgan fingerprint density at radius 2 is 1.63 bits per heavy atom. The average molecular weight is 399 g/mol. The summed E-state index contributed by atoms with van der Waals surface area (Å²) < 4.78 is 0. The van der Waals surface area contributed by atoms with E-state index in [9.17, 15) is 14.7 Å². The number of aromatic hydroxyl groups is 1. The van der Waals surface area contributed by atoms with E-state index in [0.29, 0.717) is 10.7 Å². The molecule has 0 aliphatic carbocycles. The molecule has 5 nitrogen and oxygen atoms in total. The lowest BCUT2D eigenvalue weighted by molar-refractivity contribution is -0.120. The fraction of sp³-hybridized carbons (Fsp3) is 0. The first-order chi connectivity index (χ1) is 13.0. The molecule has 0 saturated heterocycles. The van der Waals surface area contributed by atoms with E-state index in [4.69, 9.17) is 23.2 Å². The number of nitrogens with zero attached hydrogens (tertiary/aromatic N) is 1. The van der Waals surface area contributed by atoms with Crippen LogP contribution in [0.25, 0.3) is 10.8 Å². The molecule has 0 aromatic heterocycles. The van der Waals surface area contributed by atoms with E-state index in [1.165, 1.54) is 18.2 Å². The minimum atomic E-state index is -0.637. The van der Waals surface area contributed by atoms with Crippen LogP contribution in [0.3, 0.4) is 0 Å². The third-order valence-corrected chi connectivity index (χ3v) is 4.84. The first kappa shape index (κ1) is 17.4. The zero-order chi connectivity index (χ0) is 19.1. The Morgan fingerprint density at radius 3 is 2.44 bits per heavy atom. The van der Waals surface area contributed by atoms with Gasteiger partial charge in [-0.05, 0) is 29.7 Å². The lowest BCUT2D eigenvalue weighted by Crippen LogP contribution is -2.32. The van der Waals surface area contributed by atoms with Gasteiger partial charge in [-0.25, -0.2) is 4.90 Å². The largest absolute Gasteiger partial charge is 0.506 e. The Kier molecular flexibility index (Phi) is 4.26. The van der Waals surface area contributed by atoms with Gasteiger partial charge in [0.1, 0.15) is 16.5 Å². The van der Waals surface area contributed by atoms with Crippen molar-refractivity contribution >= 4 is 57.2 Å². The van der Waals surface area contributed by atoms with Gasteiger partial charge in [-0.1, -0.05) is 59.6 Å². The second-order valence-electron chi connectivity index (χ2n) is 5.92. The third kappa shape index (κ3) is 2.91. The highest BCUT2D eigenvalue weighted by Gasteiger charge is 2.39. The molecule has 0 fully saturated rings. The highest BCUT2D eigenvalue weighted by atomic mass is 35.5. The monoisotopic (exact) mass is 398 g/mol. The van der Waals surface area contributed by atoms with Crippen LogP contribution in [0.2, 0.25) is 5.02 Å². The number of carbonyl (C=O) groups is 2. The van der Waals surface area contributed by atoms with Crippen LogP contribution in [0, 0.1) is 0 Å². The first-order valence-corrected chi connectivity index (χ1v) is 8.75. The number of imide groups is 1. The maximum Gasteiger partial charge on any atom is 0.283 e. The second-order valence-corrected chi connectivity index (χ2v) is 6.73. The number of halogens is 2. The van der Waals surface area contributed by atoms with E-state index >= 15 is 0 Å². The van der Waals surface area contributed by atoms with E-state index in [1.807, 2.05) is 30.3 Å². The SMILES string of the molecule is O=C1C(Cl)=C(Nc2cc(Cl)ccc2O)C(=O)N1c1cccc2ccccc12. The van der Waals surface area contributed by atoms with Crippen molar-refractivity contribution in [1.82, 2.24) is 0 Å². The third-order valence-electron chi connectivity index (χ3n) is 4.25. The standard InChI is InChI=1S/C20H12Cl2N2O3/c21-12-8-9-16(25)14(10-12)23-18-17(22)19(26)24(20(18)27)15-7-3-5-11-4-1-2-6-13(11)15/h1-10,23,25H. The average Bonchev–Trinajstić information content (AvgIpc) is 2.87. The van der Waals surface area contributed by atoms with Gasteiger partial charge in [0.2, 0.25) is 0 Å². The molecule has 3 aromatic carbocycles. The van der Waals surface area contributed by atoms with Gasteiger partial charge in [0.15, 0.2) is 0 Å². The summed E-state index contributed by atoms with van der Waals surface area (Å²) in [6.45, 7) is 0. The number of anilines is 2. The molecule has 0 unspecified atom stereocenters. The molecule has 7 heteroatoms. The van der Waals surface area contributed by atoms with Gasteiger partial charge >= 0.3 is 0 Å². The molecule has 4 rings (SSSR count). The van der Waals surface area contributed by atoms with E-state index in [2.05, 4.69) is 5.32 Å². The number of fused-ring (bicyclic) bond motifs is 1. The number of benzene rings is 3. The molecule has 0 saturated carbocycles. The van der Waals surface area contributed by atoms with Gasteiger partial charge in [-0.3, -0.25) is 9.59 Å². The number of phenolic OH excluding ortho intramolecular Hbond substituents is 1. The lowest BCUT2D eigenvalue weighted by Gasteiger charge is -2.17. The maximum atomic E-state index is 13.0. The zero-order valence-electron chi connectivity index (χ0n) is 13.7. The van der Waals surface area contributed by atoms with Crippen LogP contribution in [0.4, 0.5) is 11.4 Å². The first-order valence-electron chi connectivity index (χ1n) is 7.99. The summed E-state index contributed by atoms with van der Waals surface area (Å²) in [6.07, 6.45) is 0. The Balaban J connectivity index is 1.76. The van der Waals surface area contributed by atoms with Crippen molar-refractivity contribution in [2.45, 2.75) is 0 Å². The molecule has 0 radical (unpaired) electrons. The summed E-state index contributed by atoms with van der Waals surface area (Å²) in [5, 5.41) is 14.4. The van der Waals surface area contributed by atoms with Crippen molar-refractivity contribution in [2.24, 2.45) is 0 Å². The number of hydrogen-bond acceptors (Lipinski definition) is 4. The number of rotatable bonds is 3. The molecular weight excluding hydrogens is 387 g/mol. The van der Waals surface area contributed by atoms with Crippen LogP contribution in [0.1, 0.15) is 0 Å². The highest BCUT2D eigenvalue weighted by Crippen LogP contribution is 2.36. The number of nitrogens with one attached hydrogen (secondary N) is 1. The fourth-order valence-corrected chi connectivity index (χ4v) is 3.36. The zero-order valence-corrected chi connectivity index (χ0v) is 15.3. The topological polar surface area (TPSA) is 69.6 Å². The fourth-order valence-electron chi connectivity index (χ4n) is 2.98. The molecule has 2 amide bonds. The summed E-state index contributed by atoms with van der Waals surface area (Å²) >= 11 is 12.1. The predicted molar refractivity (Wildman–Crippen MR) is 106 cm³/mol. The quantitative estimate of drug-likeness (QED) is 0.498. The summed E-state index contributed by atoms with van der Waals surface area (Å²) in [5.74, 6) is -1.37. The lowest BCUT2D eigenvalue weighted by atomic mass is 10.1.